The summed E-state index contributed by atoms with van der Waals surface area (Å²) in [4.78, 5) is 20.3. The van der Waals surface area contributed by atoms with Crippen molar-refractivity contribution in [3.05, 3.63) is 15.3 Å². The Morgan fingerprint density at radius 3 is 2.41 bits per heavy atom. The van der Waals surface area contributed by atoms with Gasteiger partial charge in [0.15, 0.2) is 11.9 Å². The van der Waals surface area contributed by atoms with Crippen LogP contribution in [0.4, 0.5) is 0 Å². The van der Waals surface area contributed by atoms with Gasteiger partial charge >= 0.3 is 0 Å². The SMILES string of the molecule is C[C@@H]1CC[C@H]2[C@@H](C)C(NCCCC[N+](C)(C)C)O[C@@H]3O[C@]4(C)CC[C@@H]1[C@]32OO4.O=[N+]([O-])[O-]. The maximum Gasteiger partial charge on any atom is 0.201 e. The largest absolute Gasteiger partial charge is 0.356 e. The molecule has 0 aromatic rings. The molecule has 0 aromatic carbocycles. The van der Waals surface area contributed by atoms with Crippen molar-refractivity contribution in [2.45, 2.75) is 83.2 Å². The molecule has 4 saturated heterocycles. The fourth-order valence-corrected chi connectivity index (χ4v) is 6.09. The molecule has 5 aliphatic rings. The van der Waals surface area contributed by atoms with Gasteiger partial charge in [-0.05, 0) is 57.4 Å². The Bertz CT molecular complexity index is 656. The van der Waals surface area contributed by atoms with Crippen molar-refractivity contribution in [2.24, 2.45) is 23.7 Å². The molecule has 5 fully saturated rings. The minimum Gasteiger partial charge on any atom is -0.356 e. The lowest BCUT2D eigenvalue weighted by atomic mass is 9.58. The molecular weight excluding hydrogens is 418 g/mol. The zero-order valence-corrected chi connectivity index (χ0v) is 20.4. The van der Waals surface area contributed by atoms with Gasteiger partial charge in [0, 0.05) is 18.3 Å². The highest BCUT2D eigenvalue weighted by Gasteiger charge is 2.69. The summed E-state index contributed by atoms with van der Waals surface area (Å²) in [6, 6.07) is 0. The van der Waals surface area contributed by atoms with E-state index in [1.165, 1.54) is 25.8 Å². The quantitative estimate of drug-likeness (QED) is 0.212. The molecule has 0 aromatic heterocycles. The van der Waals surface area contributed by atoms with Crippen molar-refractivity contribution in [1.29, 1.82) is 0 Å². The van der Waals surface area contributed by atoms with Crippen LogP contribution in [0.5, 0.6) is 0 Å². The minimum absolute atomic E-state index is 0.0188. The second-order valence-electron chi connectivity index (χ2n) is 11.2. The lowest BCUT2D eigenvalue weighted by molar-refractivity contribution is -0.870. The number of ether oxygens (including phenoxy) is 2. The predicted octanol–water partition coefficient (Wildman–Crippen LogP) is 3.03. The Hall–Kier alpha value is -1.04. The molecule has 10 heteroatoms. The van der Waals surface area contributed by atoms with Gasteiger partial charge in [-0.25, -0.2) is 9.78 Å². The van der Waals surface area contributed by atoms with E-state index in [2.05, 4.69) is 40.3 Å². The van der Waals surface area contributed by atoms with Gasteiger partial charge in [0.2, 0.25) is 5.79 Å². The zero-order chi connectivity index (χ0) is 23.7. The van der Waals surface area contributed by atoms with Gasteiger partial charge < -0.3 is 29.3 Å². The number of rotatable bonds is 6. The van der Waals surface area contributed by atoms with Crippen LogP contribution in [0.25, 0.3) is 0 Å². The van der Waals surface area contributed by atoms with Crippen LogP contribution in [0.3, 0.4) is 0 Å². The molecule has 1 N–H and O–H groups in total. The highest BCUT2D eigenvalue weighted by Crippen LogP contribution is 2.60. The molecule has 1 unspecified atom stereocenters. The van der Waals surface area contributed by atoms with Crippen LogP contribution >= 0.6 is 0 Å². The molecule has 0 amide bonds. The molecule has 186 valence electrons. The summed E-state index contributed by atoms with van der Waals surface area (Å²) < 4.78 is 14.0. The van der Waals surface area contributed by atoms with Crippen molar-refractivity contribution >= 4 is 0 Å². The lowest BCUT2D eigenvalue weighted by Gasteiger charge is -2.60. The van der Waals surface area contributed by atoms with E-state index in [1.54, 1.807) is 0 Å². The third-order valence-corrected chi connectivity index (χ3v) is 7.76. The normalized spacial score (nSPS) is 42.9. The van der Waals surface area contributed by atoms with Gasteiger partial charge in [-0.3, -0.25) is 5.32 Å². The standard InChI is InChI=1S/C22H41N2O4.NO3/c1-15-9-10-18-16(2)19(23-13-7-8-14-24(4,5)6)25-20-22(18)17(15)11-12-21(3,26-20)27-28-22;2-1(3)4/h15-20,23H,7-14H2,1-6H3;/q+1;-1/t15-,16-,17+,18+,19?,20-,21+,22-;/m1./s1. The van der Waals surface area contributed by atoms with Gasteiger partial charge in [0.25, 0.3) is 0 Å². The fourth-order valence-electron chi connectivity index (χ4n) is 6.09. The molecule has 8 atom stereocenters. The Kier molecular flexibility index (Phi) is 7.73. The second-order valence-corrected chi connectivity index (χ2v) is 11.2. The Morgan fingerprint density at radius 2 is 1.75 bits per heavy atom. The predicted molar refractivity (Wildman–Crippen MR) is 117 cm³/mol. The first kappa shape index (κ1) is 25.6. The summed E-state index contributed by atoms with van der Waals surface area (Å²) in [5.74, 6) is 1.14. The third kappa shape index (κ3) is 5.37. The van der Waals surface area contributed by atoms with Crippen LogP contribution in [-0.4, -0.2) is 67.7 Å². The average Bonchev–Trinajstić information content (AvgIpc) is 2.90. The number of fused-ring (bicyclic) bond motifs is 2. The molecule has 5 rings (SSSR count). The van der Waals surface area contributed by atoms with Crippen LogP contribution in [0.15, 0.2) is 0 Å². The number of nitrogens with zero attached hydrogens (tertiary/aromatic N) is 2. The van der Waals surface area contributed by atoms with Crippen molar-refractivity contribution in [3.8, 4) is 0 Å². The molecule has 4 heterocycles. The number of unbranched alkanes of at least 4 members (excludes halogenated alkanes) is 1. The Morgan fingerprint density at radius 1 is 1.06 bits per heavy atom. The van der Waals surface area contributed by atoms with E-state index in [0.717, 1.165) is 30.3 Å². The van der Waals surface area contributed by atoms with E-state index in [4.69, 9.17) is 34.6 Å². The molecule has 1 aliphatic carbocycles. The molecular formula is C22H41N3O7. The fraction of sp³-hybridized carbons (Fsp3) is 1.00. The summed E-state index contributed by atoms with van der Waals surface area (Å²) in [6.45, 7) is 8.85. The van der Waals surface area contributed by atoms with E-state index in [9.17, 15) is 0 Å². The van der Waals surface area contributed by atoms with Crippen molar-refractivity contribution in [1.82, 2.24) is 5.32 Å². The van der Waals surface area contributed by atoms with Gasteiger partial charge in [-0.1, -0.05) is 13.8 Å². The van der Waals surface area contributed by atoms with E-state index in [0.29, 0.717) is 23.7 Å². The van der Waals surface area contributed by atoms with Gasteiger partial charge in [-0.15, -0.1) is 0 Å². The summed E-state index contributed by atoms with van der Waals surface area (Å²) in [5, 5.41) is 18.4. The van der Waals surface area contributed by atoms with Crippen LogP contribution in [-0.2, 0) is 19.2 Å². The summed E-state index contributed by atoms with van der Waals surface area (Å²) >= 11 is 0. The van der Waals surface area contributed by atoms with Crippen LogP contribution in [0.1, 0.15) is 59.3 Å². The number of quaternary nitrogens is 1. The highest BCUT2D eigenvalue weighted by atomic mass is 17.3. The van der Waals surface area contributed by atoms with Gasteiger partial charge in [0.1, 0.15) is 6.23 Å². The molecule has 1 spiro atoms. The molecule has 10 nitrogen and oxygen atoms in total. The number of nitrogens with one attached hydrogen (secondary N) is 1. The first-order valence-corrected chi connectivity index (χ1v) is 11.9. The molecule has 0 radical (unpaired) electrons. The van der Waals surface area contributed by atoms with Crippen molar-refractivity contribution in [3.63, 3.8) is 0 Å². The topological polar surface area (TPSA) is 115 Å². The maximum atomic E-state index is 8.25. The summed E-state index contributed by atoms with van der Waals surface area (Å²) in [6.07, 6.45) is 6.43. The molecule has 32 heavy (non-hydrogen) atoms. The monoisotopic (exact) mass is 459 g/mol. The molecule has 1 saturated carbocycles. The van der Waals surface area contributed by atoms with Crippen molar-refractivity contribution in [2.75, 3.05) is 34.2 Å². The summed E-state index contributed by atoms with van der Waals surface area (Å²) in [7, 11) is 6.75. The number of hydrogen-bond acceptors (Lipinski definition) is 8. The minimum atomic E-state index is -1.75. The Labute approximate surface area is 191 Å². The van der Waals surface area contributed by atoms with Gasteiger partial charge in [-0.2, -0.15) is 0 Å². The van der Waals surface area contributed by atoms with Crippen LogP contribution in [0, 0.1) is 39.0 Å². The first-order valence-electron chi connectivity index (χ1n) is 11.9. The summed E-state index contributed by atoms with van der Waals surface area (Å²) in [5.41, 5.74) is -0.449. The van der Waals surface area contributed by atoms with Crippen molar-refractivity contribution < 1.29 is 28.8 Å². The highest BCUT2D eigenvalue weighted by molar-refractivity contribution is 5.09. The van der Waals surface area contributed by atoms with E-state index < -0.39 is 16.5 Å². The Balaban J connectivity index is 0.000000668. The molecule has 2 bridgehead atoms. The maximum absolute atomic E-state index is 8.25. The van der Waals surface area contributed by atoms with E-state index in [-0.39, 0.29) is 12.5 Å². The smallest absolute Gasteiger partial charge is 0.201 e. The first-order chi connectivity index (χ1) is 14.9. The van der Waals surface area contributed by atoms with E-state index >= 15 is 0 Å². The van der Waals surface area contributed by atoms with Crippen LogP contribution in [0.2, 0.25) is 0 Å². The van der Waals surface area contributed by atoms with Crippen LogP contribution < -0.4 is 5.32 Å². The second kappa shape index (κ2) is 9.68. The lowest BCUT2D eigenvalue weighted by Crippen LogP contribution is -2.71. The zero-order valence-electron chi connectivity index (χ0n) is 20.4. The average molecular weight is 460 g/mol. The van der Waals surface area contributed by atoms with E-state index in [1.807, 2.05) is 6.92 Å². The third-order valence-electron chi connectivity index (χ3n) is 7.76. The van der Waals surface area contributed by atoms with Gasteiger partial charge in [0.05, 0.1) is 32.8 Å². The number of hydrogen-bond donors (Lipinski definition) is 1. The molecule has 4 aliphatic heterocycles.